The number of rotatable bonds is 5. The van der Waals surface area contributed by atoms with Crippen molar-refractivity contribution in [1.82, 2.24) is 9.78 Å². The van der Waals surface area contributed by atoms with E-state index in [2.05, 4.69) is 9.82 Å². The highest BCUT2D eigenvalue weighted by molar-refractivity contribution is 7.92. The number of anilines is 1. The third-order valence-corrected chi connectivity index (χ3v) is 4.23. The van der Waals surface area contributed by atoms with Crippen LogP contribution in [0.5, 0.6) is 0 Å². The smallest absolute Gasteiger partial charge is 0.325 e. The molecule has 0 fully saturated rings. The van der Waals surface area contributed by atoms with Crippen molar-refractivity contribution in [3.05, 3.63) is 41.4 Å². The van der Waals surface area contributed by atoms with Crippen molar-refractivity contribution in [2.45, 2.75) is 11.4 Å². The molecule has 0 bridgehead atoms. The number of carboxylic acid groups (broad SMARTS) is 1. The Labute approximate surface area is 124 Å². The Morgan fingerprint density at radius 3 is 2.81 bits per heavy atom. The lowest BCUT2D eigenvalue weighted by atomic mass is 10.3. The molecule has 1 aromatic heterocycles. The molecule has 2 rings (SSSR count). The molecular weight excluding hydrogens is 325 g/mol. The van der Waals surface area contributed by atoms with Crippen molar-refractivity contribution >= 4 is 33.3 Å². The van der Waals surface area contributed by atoms with Gasteiger partial charge in [-0.2, -0.15) is 5.10 Å². The molecule has 7 nitrogen and oxygen atoms in total. The summed E-state index contributed by atoms with van der Waals surface area (Å²) in [4.78, 5) is 10.2. The van der Waals surface area contributed by atoms with Gasteiger partial charge in [0.1, 0.15) is 17.3 Å². The van der Waals surface area contributed by atoms with Crippen molar-refractivity contribution in [2.24, 2.45) is 0 Å². The SMILES string of the molecule is O=C(O)Cn1cc(NS(=O)(=O)c2ccc(F)cc2Cl)cn1. The number of nitrogens with zero attached hydrogens (tertiary/aromatic N) is 2. The van der Waals surface area contributed by atoms with Gasteiger partial charge in [0, 0.05) is 6.20 Å². The second-order valence-electron chi connectivity index (χ2n) is 4.00. The summed E-state index contributed by atoms with van der Waals surface area (Å²) in [7, 11) is -4.03. The minimum atomic E-state index is -4.03. The zero-order valence-corrected chi connectivity index (χ0v) is 11.9. The van der Waals surface area contributed by atoms with Crippen LogP contribution in [0.2, 0.25) is 5.02 Å². The van der Waals surface area contributed by atoms with Crippen LogP contribution in [-0.2, 0) is 21.4 Å². The molecule has 0 atom stereocenters. The number of aliphatic carboxylic acids is 1. The summed E-state index contributed by atoms with van der Waals surface area (Å²) in [5.41, 5.74) is 0.0663. The second kappa shape index (κ2) is 5.70. The molecule has 0 saturated carbocycles. The van der Waals surface area contributed by atoms with E-state index >= 15 is 0 Å². The first kappa shape index (κ1) is 15.3. The van der Waals surface area contributed by atoms with Gasteiger partial charge in [-0.05, 0) is 18.2 Å². The maximum atomic E-state index is 12.9. The average Bonchev–Trinajstić information content (AvgIpc) is 2.73. The Kier molecular flexibility index (Phi) is 4.14. The molecule has 2 N–H and O–H groups in total. The molecule has 0 saturated heterocycles. The molecule has 0 radical (unpaired) electrons. The van der Waals surface area contributed by atoms with E-state index in [1.807, 2.05) is 0 Å². The van der Waals surface area contributed by atoms with Crippen molar-refractivity contribution in [3.8, 4) is 0 Å². The van der Waals surface area contributed by atoms with Gasteiger partial charge in [-0.25, -0.2) is 12.8 Å². The van der Waals surface area contributed by atoms with E-state index in [1.165, 1.54) is 6.20 Å². The standard InChI is InChI=1S/C11H9ClFN3O4S/c12-9-3-7(13)1-2-10(9)21(19,20)15-8-4-14-16(5-8)6-11(17)18/h1-5,15H,6H2,(H,17,18). The summed E-state index contributed by atoms with van der Waals surface area (Å²) in [6.45, 7) is -0.404. The predicted octanol–water partition coefficient (Wildman–Crippen LogP) is 1.56. The number of nitrogens with one attached hydrogen (secondary N) is 1. The molecule has 112 valence electrons. The van der Waals surface area contributed by atoms with Crippen LogP contribution in [0.1, 0.15) is 0 Å². The number of halogens is 2. The van der Waals surface area contributed by atoms with Gasteiger partial charge in [0.25, 0.3) is 10.0 Å². The summed E-state index contributed by atoms with van der Waals surface area (Å²) in [6.07, 6.45) is 2.36. The maximum Gasteiger partial charge on any atom is 0.325 e. The maximum absolute atomic E-state index is 12.9. The fraction of sp³-hybridized carbons (Fsp3) is 0.0909. The highest BCUT2D eigenvalue weighted by Crippen LogP contribution is 2.24. The molecule has 10 heteroatoms. The van der Waals surface area contributed by atoms with Crippen LogP contribution in [0.3, 0.4) is 0 Å². The van der Waals surface area contributed by atoms with E-state index in [0.29, 0.717) is 0 Å². The minimum Gasteiger partial charge on any atom is -0.480 e. The van der Waals surface area contributed by atoms with Gasteiger partial charge < -0.3 is 5.11 Å². The van der Waals surface area contributed by atoms with E-state index in [1.54, 1.807) is 0 Å². The number of hydrogen-bond donors (Lipinski definition) is 2. The summed E-state index contributed by atoms with van der Waals surface area (Å²) in [5.74, 6) is -1.78. The lowest BCUT2D eigenvalue weighted by molar-refractivity contribution is -0.137. The van der Waals surface area contributed by atoms with Crippen LogP contribution in [0, 0.1) is 5.82 Å². The van der Waals surface area contributed by atoms with E-state index < -0.39 is 28.4 Å². The van der Waals surface area contributed by atoms with Gasteiger partial charge in [0.15, 0.2) is 0 Å². The summed E-state index contributed by atoms with van der Waals surface area (Å²) in [6, 6.07) is 2.87. The van der Waals surface area contributed by atoms with Crippen molar-refractivity contribution < 1.29 is 22.7 Å². The molecule has 21 heavy (non-hydrogen) atoms. The second-order valence-corrected chi connectivity index (χ2v) is 6.06. The Morgan fingerprint density at radius 1 is 1.48 bits per heavy atom. The number of benzene rings is 1. The van der Waals surface area contributed by atoms with Crippen LogP contribution >= 0.6 is 11.6 Å². The molecule has 0 aliphatic rings. The fourth-order valence-electron chi connectivity index (χ4n) is 1.54. The van der Waals surface area contributed by atoms with Gasteiger partial charge in [-0.3, -0.25) is 14.2 Å². The third kappa shape index (κ3) is 3.70. The highest BCUT2D eigenvalue weighted by atomic mass is 35.5. The van der Waals surface area contributed by atoms with Gasteiger partial charge in [-0.1, -0.05) is 11.6 Å². The zero-order valence-electron chi connectivity index (χ0n) is 10.3. The molecule has 0 spiro atoms. The van der Waals surface area contributed by atoms with E-state index in [9.17, 15) is 17.6 Å². The first-order valence-electron chi connectivity index (χ1n) is 5.50. The summed E-state index contributed by atoms with van der Waals surface area (Å²) < 4.78 is 40.3. The molecule has 1 heterocycles. The molecule has 0 amide bonds. The van der Waals surface area contributed by atoms with Gasteiger partial charge in [-0.15, -0.1) is 0 Å². The molecule has 0 unspecified atom stereocenters. The van der Waals surface area contributed by atoms with Crippen molar-refractivity contribution in [1.29, 1.82) is 0 Å². The van der Waals surface area contributed by atoms with Crippen LogP contribution in [0.15, 0.2) is 35.5 Å². The van der Waals surface area contributed by atoms with Crippen LogP contribution in [0.4, 0.5) is 10.1 Å². The summed E-state index contributed by atoms with van der Waals surface area (Å²) >= 11 is 5.70. The first-order chi connectivity index (χ1) is 9.78. The Hall–Kier alpha value is -2.13. The lowest BCUT2D eigenvalue weighted by Crippen LogP contribution is -2.13. The van der Waals surface area contributed by atoms with Crippen molar-refractivity contribution in [2.75, 3.05) is 4.72 Å². The van der Waals surface area contributed by atoms with E-state index in [-0.39, 0.29) is 15.6 Å². The zero-order chi connectivity index (χ0) is 15.6. The lowest BCUT2D eigenvalue weighted by Gasteiger charge is -2.07. The van der Waals surface area contributed by atoms with Crippen LogP contribution in [-0.4, -0.2) is 29.3 Å². The summed E-state index contributed by atoms with van der Waals surface area (Å²) in [5, 5.41) is 12.0. The Balaban J connectivity index is 2.25. The van der Waals surface area contributed by atoms with Gasteiger partial charge in [0.2, 0.25) is 0 Å². The van der Waals surface area contributed by atoms with Crippen molar-refractivity contribution in [3.63, 3.8) is 0 Å². The molecule has 2 aromatic rings. The highest BCUT2D eigenvalue weighted by Gasteiger charge is 2.19. The topological polar surface area (TPSA) is 101 Å². The van der Waals surface area contributed by atoms with E-state index in [0.717, 1.165) is 29.1 Å². The molecule has 0 aliphatic heterocycles. The largest absolute Gasteiger partial charge is 0.480 e. The number of hydrogen-bond acceptors (Lipinski definition) is 4. The number of sulfonamides is 1. The molecule has 1 aromatic carbocycles. The normalized spacial score (nSPS) is 11.3. The van der Waals surface area contributed by atoms with Gasteiger partial charge in [0.05, 0.1) is 16.9 Å². The Morgan fingerprint density at radius 2 is 2.19 bits per heavy atom. The quantitative estimate of drug-likeness (QED) is 0.864. The first-order valence-corrected chi connectivity index (χ1v) is 7.36. The van der Waals surface area contributed by atoms with Crippen LogP contribution < -0.4 is 4.72 Å². The van der Waals surface area contributed by atoms with Crippen LogP contribution in [0.25, 0.3) is 0 Å². The monoisotopic (exact) mass is 333 g/mol. The number of carboxylic acids is 1. The fourth-order valence-corrected chi connectivity index (χ4v) is 3.11. The minimum absolute atomic E-state index is 0.0663. The van der Waals surface area contributed by atoms with E-state index in [4.69, 9.17) is 16.7 Å². The molecule has 0 aliphatic carbocycles. The predicted molar refractivity (Wildman–Crippen MR) is 72.1 cm³/mol. The average molecular weight is 334 g/mol. The third-order valence-electron chi connectivity index (χ3n) is 2.37. The number of carbonyl (C=O) groups is 1. The molecular formula is C11H9ClFN3O4S. The Bertz CT molecular complexity index is 791. The van der Waals surface area contributed by atoms with Gasteiger partial charge >= 0.3 is 5.97 Å². The number of aromatic nitrogens is 2.